The number of amides is 4. The van der Waals surface area contributed by atoms with Gasteiger partial charge in [-0.25, -0.2) is 4.79 Å². The predicted molar refractivity (Wildman–Crippen MR) is 90.9 cm³/mol. The van der Waals surface area contributed by atoms with Crippen LogP contribution < -0.4 is 10.6 Å². The highest BCUT2D eigenvalue weighted by molar-refractivity contribution is 9.10. The van der Waals surface area contributed by atoms with Gasteiger partial charge in [-0.15, -0.1) is 0 Å². The largest absolute Gasteiger partial charge is 0.325 e. The smallest absolute Gasteiger partial charge is 0.325 e. The maximum atomic E-state index is 12.5. The Labute approximate surface area is 143 Å². The maximum absolute atomic E-state index is 12.5. The molecule has 23 heavy (non-hydrogen) atoms. The van der Waals surface area contributed by atoms with Crippen molar-refractivity contribution in [1.29, 1.82) is 0 Å². The van der Waals surface area contributed by atoms with E-state index in [1.54, 1.807) is 31.2 Å². The molecule has 1 atom stereocenters. The van der Waals surface area contributed by atoms with Crippen molar-refractivity contribution in [3.8, 4) is 0 Å². The standard InChI is InChI=1S/C16H20BrN3O3/c1-10(2)8-16(3)14(22)20(15(23)19-16)9-13(21)18-12-6-4-11(17)5-7-12/h4-7,10H,8-9H2,1-3H3,(H,18,21)(H,19,23). The summed E-state index contributed by atoms with van der Waals surface area (Å²) in [5.74, 6) is -0.521. The van der Waals surface area contributed by atoms with E-state index in [1.165, 1.54) is 0 Å². The molecule has 1 aromatic carbocycles. The van der Waals surface area contributed by atoms with Crippen LogP contribution in [0, 0.1) is 5.92 Å². The number of hydrogen-bond donors (Lipinski definition) is 2. The summed E-state index contributed by atoms with van der Waals surface area (Å²) in [4.78, 5) is 37.5. The quantitative estimate of drug-likeness (QED) is 0.769. The summed E-state index contributed by atoms with van der Waals surface area (Å²) < 4.78 is 0.897. The van der Waals surface area contributed by atoms with Crippen LogP contribution in [0.3, 0.4) is 0 Å². The van der Waals surface area contributed by atoms with Gasteiger partial charge in [-0.05, 0) is 43.5 Å². The molecule has 1 aliphatic heterocycles. The Morgan fingerprint density at radius 3 is 2.48 bits per heavy atom. The van der Waals surface area contributed by atoms with Crippen molar-refractivity contribution in [3.05, 3.63) is 28.7 Å². The van der Waals surface area contributed by atoms with E-state index in [0.717, 1.165) is 9.37 Å². The minimum atomic E-state index is -0.941. The fraction of sp³-hybridized carbons (Fsp3) is 0.438. The Morgan fingerprint density at radius 2 is 1.91 bits per heavy atom. The van der Waals surface area contributed by atoms with Crippen LogP contribution in [0.5, 0.6) is 0 Å². The van der Waals surface area contributed by atoms with E-state index in [1.807, 2.05) is 13.8 Å². The highest BCUT2D eigenvalue weighted by Crippen LogP contribution is 2.25. The molecule has 7 heteroatoms. The third kappa shape index (κ3) is 4.10. The van der Waals surface area contributed by atoms with Gasteiger partial charge in [0.1, 0.15) is 12.1 Å². The molecular formula is C16H20BrN3O3. The van der Waals surface area contributed by atoms with Crippen molar-refractivity contribution in [2.24, 2.45) is 5.92 Å². The monoisotopic (exact) mass is 381 g/mol. The van der Waals surface area contributed by atoms with E-state index in [9.17, 15) is 14.4 Å². The number of hydrogen-bond acceptors (Lipinski definition) is 3. The minimum absolute atomic E-state index is 0.251. The van der Waals surface area contributed by atoms with Gasteiger partial charge < -0.3 is 10.6 Å². The Hall–Kier alpha value is -1.89. The average molecular weight is 382 g/mol. The van der Waals surface area contributed by atoms with Gasteiger partial charge in [-0.3, -0.25) is 14.5 Å². The van der Waals surface area contributed by atoms with Crippen LogP contribution in [0.15, 0.2) is 28.7 Å². The third-order valence-electron chi connectivity index (χ3n) is 3.59. The molecule has 1 saturated heterocycles. The zero-order chi connectivity index (χ0) is 17.2. The van der Waals surface area contributed by atoms with Gasteiger partial charge in [0.25, 0.3) is 5.91 Å². The highest BCUT2D eigenvalue weighted by Gasteiger charge is 2.48. The van der Waals surface area contributed by atoms with E-state index >= 15 is 0 Å². The maximum Gasteiger partial charge on any atom is 0.325 e. The highest BCUT2D eigenvalue weighted by atomic mass is 79.9. The van der Waals surface area contributed by atoms with Crippen LogP contribution in [0.25, 0.3) is 0 Å². The Balaban J connectivity index is 2.02. The summed E-state index contributed by atoms with van der Waals surface area (Å²) in [7, 11) is 0. The topological polar surface area (TPSA) is 78.5 Å². The van der Waals surface area contributed by atoms with Crippen LogP contribution in [0.4, 0.5) is 10.5 Å². The molecule has 1 fully saturated rings. The molecule has 1 aromatic rings. The van der Waals surface area contributed by atoms with Gasteiger partial charge in [-0.2, -0.15) is 0 Å². The second kappa shape index (κ2) is 6.70. The van der Waals surface area contributed by atoms with E-state index in [4.69, 9.17) is 0 Å². The summed E-state index contributed by atoms with van der Waals surface area (Å²) >= 11 is 3.31. The number of anilines is 1. The summed E-state index contributed by atoms with van der Waals surface area (Å²) in [5, 5.41) is 5.36. The third-order valence-corrected chi connectivity index (χ3v) is 4.12. The lowest BCUT2D eigenvalue weighted by molar-refractivity contribution is -0.133. The summed E-state index contributed by atoms with van der Waals surface area (Å²) in [5.41, 5.74) is -0.335. The van der Waals surface area contributed by atoms with Crippen molar-refractivity contribution in [1.82, 2.24) is 10.2 Å². The van der Waals surface area contributed by atoms with Crippen molar-refractivity contribution in [2.75, 3.05) is 11.9 Å². The predicted octanol–water partition coefficient (Wildman–Crippen LogP) is 2.74. The second-order valence-electron chi connectivity index (χ2n) is 6.31. The lowest BCUT2D eigenvalue weighted by atomic mass is 9.91. The SMILES string of the molecule is CC(C)CC1(C)NC(=O)N(CC(=O)Nc2ccc(Br)cc2)C1=O. The van der Waals surface area contributed by atoms with Gasteiger partial charge >= 0.3 is 6.03 Å². The fourth-order valence-corrected chi connectivity index (χ4v) is 2.99. The van der Waals surface area contributed by atoms with E-state index < -0.39 is 17.5 Å². The molecule has 0 radical (unpaired) electrons. The summed E-state index contributed by atoms with van der Waals surface area (Å²) in [6.07, 6.45) is 0.530. The van der Waals surface area contributed by atoms with E-state index in [2.05, 4.69) is 26.6 Å². The minimum Gasteiger partial charge on any atom is -0.325 e. The first-order valence-electron chi connectivity index (χ1n) is 7.41. The number of carbonyl (C=O) groups is 3. The first-order valence-corrected chi connectivity index (χ1v) is 8.20. The zero-order valence-electron chi connectivity index (χ0n) is 13.4. The number of rotatable bonds is 5. The lowest BCUT2D eigenvalue weighted by Gasteiger charge is -2.23. The van der Waals surface area contributed by atoms with Gasteiger partial charge in [0.05, 0.1) is 0 Å². The van der Waals surface area contributed by atoms with E-state index in [0.29, 0.717) is 12.1 Å². The number of carbonyl (C=O) groups excluding carboxylic acids is 3. The fourth-order valence-electron chi connectivity index (χ4n) is 2.72. The molecule has 124 valence electrons. The lowest BCUT2D eigenvalue weighted by Crippen LogP contribution is -2.45. The molecule has 2 N–H and O–H groups in total. The average Bonchev–Trinajstić information content (AvgIpc) is 2.64. The van der Waals surface area contributed by atoms with Gasteiger partial charge in [0, 0.05) is 10.2 Å². The number of nitrogens with zero attached hydrogens (tertiary/aromatic N) is 1. The molecule has 1 unspecified atom stereocenters. The van der Waals surface area contributed by atoms with E-state index in [-0.39, 0.29) is 18.4 Å². The van der Waals surface area contributed by atoms with Crippen LogP contribution in [0.2, 0.25) is 0 Å². The molecule has 0 aromatic heterocycles. The van der Waals surface area contributed by atoms with Crippen LogP contribution >= 0.6 is 15.9 Å². The number of halogens is 1. The van der Waals surface area contributed by atoms with Gasteiger partial charge in [-0.1, -0.05) is 29.8 Å². The van der Waals surface area contributed by atoms with Crippen LogP contribution in [-0.2, 0) is 9.59 Å². The van der Waals surface area contributed by atoms with Crippen molar-refractivity contribution in [2.45, 2.75) is 32.7 Å². The number of benzene rings is 1. The zero-order valence-corrected chi connectivity index (χ0v) is 14.9. The van der Waals surface area contributed by atoms with Gasteiger partial charge in [0.15, 0.2) is 0 Å². The normalized spacial score (nSPS) is 20.8. The van der Waals surface area contributed by atoms with Gasteiger partial charge in [0.2, 0.25) is 5.91 Å². The molecule has 1 aliphatic rings. The van der Waals surface area contributed by atoms with Crippen molar-refractivity contribution < 1.29 is 14.4 Å². The Morgan fingerprint density at radius 1 is 1.30 bits per heavy atom. The van der Waals surface area contributed by atoms with Crippen LogP contribution in [-0.4, -0.2) is 34.8 Å². The molecule has 2 rings (SSSR count). The molecule has 1 heterocycles. The summed E-state index contributed by atoms with van der Waals surface area (Å²) in [6, 6.07) is 6.53. The molecule has 0 aliphatic carbocycles. The second-order valence-corrected chi connectivity index (χ2v) is 7.22. The molecule has 0 bridgehead atoms. The Bertz CT molecular complexity index is 630. The van der Waals surface area contributed by atoms with Crippen LogP contribution in [0.1, 0.15) is 27.2 Å². The summed E-state index contributed by atoms with van der Waals surface area (Å²) in [6.45, 7) is 5.36. The number of nitrogens with one attached hydrogen (secondary N) is 2. The number of urea groups is 1. The number of imide groups is 1. The molecular weight excluding hydrogens is 362 g/mol. The first kappa shape index (κ1) is 17.5. The first-order chi connectivity index (χ1) is 10.7. The molecule has 6 nitrogen and oxygen atoms in total. The van der Waals surface area contributed by atoms with Crippen molar-refractivity contribution >= 4 is 39.5 Å². The Kier molecular flexibility index (Phi) is 5.09. The molecule has 0 spiro atoms. The molecule has 4 amide bonds. The molecule has 0 saturated carbocycles. The van der Waals surface area contributed by atoms with Crippen molar-refractivity contribution in [3.63, 3.8) is 0 Å².